The van der Waals surface area contributed by atoms with E-state index in [4.69, 9.17) is 5.73 Å². The number of fused-ring (bicyclic) bond motifs is 1. The van der Waals surface area contributed by atoms with Crippen LogP contribution in [0, 0.1) is 0 Å². The molecule has 0 aliphatic carbocycles. The second-order valence-corrected chi connectivity index (χ2v) is 4.50. The van der Waals surface area contributed by atoms with Gasteiger partial charge in [-0.1, -0.05) is 24.3 Å². The fourth-order valence-electron chi connectivity index (χ4n) is 1.54. The predicted octanol–water partition coefficient (Wildman–Crippen LogP) is -1.67. The number of hydrogen-bond acceptors (Lipinski definition) is 4. The molecule has 0 saturated heterocycles. The molecule has 0 saturated carbocycles. The van der Waals surface area contributed by atoms with Gasteiger partial charge < -0.3 is 10.3 Å². The van der Waals surface area contributed by atoms with Gasteiger partial charge in [0.25, 0.3) is 0 Å². The summed E-state index contributed by atoms with van der Waals surface area (Å²) in [6.45, 7) is 0. The van der Waals surface area contributed by atoms with Gasteiger partial charge in [-0.3, -0.25) is 0 Å². The van der Waals surface area contributed by atoms with Crippen molar-refractivity contribution in [3.05, 3.63) is 36.4 Å². The third kappa shape index (κ3) is 2.39. The average Bonchev–Trinajstić information content (AvgIpc) is 2.16. The Labute approximate surface area is 115 Å². The zero-order valence-corrected chi connectivity index (χ0v) is 11.5. The summed E-state index contributed by atoms with van der Waals surface area (Å²) in [5, 5.41) is 0.946. The van der Waals surface area contributed by atoms with Crippen molar-refractivity contribution in [1.29, 1.82) is 0 Å². The maximum atomic E-state index is 11.0. The van der Waals surface area contributed by atoms with Crippen LogP contribution >= 0.6 is 0 Å². The summed E-state index contributed by atoms with van der Waals surface area (Å²) in [4.78, 5) is -0.266. The van der Waals surface area contributed by atoms with Gasteiger partial charge in [-0.2, -0.15) is 0 Å². The third-order valence-electron chi connectivity index (χ3n) is 2.17. The SMILES string of the molecule is Nc1cccc2cccc(S(=O)(=O)[O-])c12.[Na+]. The molecule has 0 amide bonds. The van der Waals surface area contributed by atoms with E-state index in [9.17, 15) is 13.0 Å². The van der Waals surface area contributed by atoms with Gasteiger partial charge in [-0.25, -0.2) is 8.42 Å². The van der Waals surface area contributed by atoms with E-state index < -0.39 is 10.1 Å². The molecule has 0 aliphatic heterocycles. The molecule has 78 valence electrons. The summed E-state index contributed by atoms with van der Waals surface area (Å²) in [5.41, 5.74) is 5.94. The molecule has 0 bridgehead atoms. The van der Waals surface area contributed by atoms with Crippen LogP contribution in [-0.2, 0) is 10.1 Å². The molecular formula is C10H8NNaO3S. The molecule has 0 radical (unpaired) electrons. The number of rotatable bonds is 1. The van der Waals surface area contributed by atoms with Gasteiger partial charge in [0, 0.05) is 11.1 Å². The summed E-state index contributed by atoms with van der Waals surface area (Å²) >= 11 is 0. The number of nitrogen functional groups attached to an aromatic ring is 1. The van der Waals surface area contributed by atoms with E-state index in [-0.39, 0.29) is 34.5 Å². The molecule has 0 aliphatic rings. The van der Waals surface area contributed by atoms with Crippen LogP contribution in [0.5, 0.6) is 0 Å². The minimum absolute atomic E-state index is 0. The molecular weight excluding hydrogens is 237 g/mol. The second kappa shape index (κ2) is 4.73. The molecule has 6 heteroatoms. The van der Waals surface area contributed by atoms with Gasteiger partial charge in [-0.05, 0) is 17.5 Å². The number of benzene rings is 2. The Hall–Kier alpha value is -0.590. The van der Waals surface area contributed by atoms with Gasteiger partial charge in [0.05, 0.1) is 4.90 Å². The fourth-order valence-corrected chi connectivity index (χ4v) is 2.27. The zero-order chi connectivity index (χ0) is 11.1. The smallest absolute Gasteiger partial charge is 0.744 e. The van der Waals surface area contributed by atoms with Crippen molar-refractivity contribution in [3.63, 3.8) is 0 Å². The number of anilines is 1. The Morgan fingerprint density at radius 3 is 2.19 bits per heavy atom. The largest absolute Gasteiger partial charge is 1.00 e. The maximum absolute atomic E-state index is 11.0. The van der Waals surface area contributed by atoms with Gasteiger partial charge in [-0.15, -0.1) is 0 Å². The van der Waals surface area contributed by atoms with Crippen LogP contribution < -0.4 is 35.3 Å². The summed E-state index contributed by atoms with van der Waals surface area (Å²) in [7, 11) is -4.48. The summed E-state index contributed by atoms with van der Waals surface area (Å²) < 4.78 is 33.0. The summed E-state index contributed by atoms with van der Waals surface area (Å²) in [5.74, 6) is 0. The number of nitrogens with two attached hydrogens (primary N) is 1. The van der Waals surface area contributed by atoms with E-state index in [0.29, 0.717) is 16.5 Å². The van der Waals surface area contributed by atoms with Crippen LogP contribution in [0.1, 0.15) is 0 Å². The number of hydrogen-bond donors (Lipinski definition) is 1. The van der Waals surface area contributed by atoms with Gasteiger partial charge in [0.1, 0.15) is 10.1 Å². The van der Waals surface area contributed by atoms with Crippen LogP contribution in [0.25, 0.3) is 10.8 Å². The van der Waals surface area contributed by atoms with Gasteiger partial charge in [0.15, 0.2) is 0 Å². The fraction of sp³-hybridized carbons (Fsp3) is 0. The first-order chi connectivity index (χ1) is 7.00. The minimum Gasteiger partial charge on any atom is -0.744 e. The second-order valence-electron chi connectivity index (χ2n) is 3.16. The van der Waals surface area contributed by atoms with Crippen molar-refractivity contribution in [2.24, 2.45) is 0 Å². The average molecular weight is 245 g/mol. The molecule has 16 heavy (non-hydrogen) atoms. The van der Waals surface area contributed by atoms with Crippen molar-refractivity contribution in [3.8, 4) is 0 Å². The molecule has 4 nitrogen and oxygen atoms in total. The Kier molecular flexibility index (Phi) is 3.98. The predicted molar refractivity (Wildman–Crippen MR) is 56.3 cm³/mol. The van der Waals surface area contributed by atoms with E-state index >= 15 is 0 Å². The molecule has 2 aromatic rings. The normalized spacial score (nSPS) is 11.1. The van der Waals surface area contributed by atoms with E-state index in [0.717, 1.165) is 0 Å². The zero-order valence-electron chi connectivity index (χ0n) is 8.67. The quantitative estimate of drug-likeness (QED) is 0.370. The topological polar surface area (TPSA) is 83.2 Å². The molecule has 0 fully saturated rings. The molecule has 2 rings (SSSR count). The van der Waals surface area contributed by atoms with Crippen LogP contribution in [0.3, 0.4) is 0 Å². The first kappa shape index (κ1) is 13.5. The van der Waals surface area contributed by atoms with Crippen molar-refractivity contribution >= 4 is 26.6 Å². The molecule has 0 aromatic heterocycles. The van der Waals surface area contributed by atoms with E-state index in [2.05, 4.69) is 0 Å². The molecule has 2 aromatic carbocycles. The third-order valence-corrected chi connectivity index (χ3v) is 3.05. The Morgan fingerprint density at radius 1 is 1.06 bits per heavy atom. The van der Waals surface area contributed by atoms with E-state index in [1.54, 1.807) is 24.3 Å². The minimum atomic E-state index is -4.48. The Bertz CT molecular complexity index is 620. The monoisotopic (exact) mass is 245 g/mol. The first-order valence-electron chi connectivity index (χ1n) is 4.23. The summed E-state index contributed by atoms with van der Waals surface area (Å²) in [6, 6.07) is 9.48. The van der Waals surface area contributed by atoms with Crippen LogP contribution in [-0.4, -0.2) is 13.0 Å². The Morgan fingerprint density at radius 2 is 1.62 bits per heavy atom. The van der Waals surface area contributed by atoms with Crippen molar-refractivity contribution in [1.82, 2.24) is 0 Å². The van der Waals surface area contributed by atoms with Crippen molar-refractivity contribution in [2.75, 3.05) is 5.73 Å². The standard InChI is InChI=1S/C10H9NO3S.Na/c11-8-5-1-3-7-4-2-6-9(10(7)8)15(12,13)14;/h1-6H,11H2,(H,12,13,14);/q;+1/p-1. The molecule has 2 N–H and O–H groups in total. The summed E-state index contributed by atoms with van der Waals surface area (Å²) in [6.07, 6.45) is 0. The van der Waals surface area contributed by atoms with Crippen molar-refractivity contribution < 1.29 is 42.5 Å². The van der Waals surface area contributed by atoms with E-state index in [1.165, 1.54) is 12.1 Å². The van der Waals surface area contributed by atoms with Crippen molar-refractivity contribution in [2.45, 2.75) is 4.90 Å². The van der Waals surface area contributed by atoms with Crippen LogP contribution in [0.2, 0.25) is 0 Å². The van der Waals surface area contributed by atoms with E-state index in [1.807, 2.05) is 0 Å². The van der Waals surface area contributed by atoms with Crippen LogP contribution in [0.15, 0.2) is 41.3 Å². The van der Waals surface area contributed by atoms with Gasteiger partial charge in [0.2, 0.25) is 0 Å². The maximum Gasteiger partial charge on any atom is 1.00 e. The molecule has 0 spiro atoms. The molecule has 0 atom stereocenters. The van der Waals surface area contributed by atoms with Crippen LogP contribution in [0.4, 0.5) is 5.69 Å². The molecule has 0 unspecified atom stereocenters. The Balaban J connectivity index is 0.00000128. The van der Waals surface area contributed by atoms with Gasteiger partial charge >= 0.3 is 29.6 Å². The molecule has 0 heterocycles. The first-order valence-corrected chi connectivity index (χ1v) is 5.64.